The molecule has 1 N–H and O–H groups in total. The third kappa shape index (κ3) is 3.61. The molecule has 0 aliphatic heterocycles. The molecule has 0 saturated carbocycles. The largest absolute Gasteiger partial charge is 0.309 e. The molecule has 0 spiro atoms. The Morgan fingerprint density at radius 2 is 2.29 bits per heavy atom. The summed E-state index contributed by atoms with van der Waals surface area (Å²) < 4.78 is 1.83. The van der Waals surface area contributed by atoms with Gasteiger partial charge in [-0.1, -0.05) is 19.1 Å². The van der Waals surface area contributed by atoms with E-state index in [2.05, 4.69) is 34.5 Å². The second-order valence-corrected chi connectivity index (χ2v) is 5.27. The first kappa shape index (κ1) is 12.2. The van der Waals surface area contributed by atoms with Crippen molar-refractivity contribution in [1.82, 2.24) is 25.3 Å². The fourth-order valence-electron chi connectivity index (χ4n) is 1.42. The molecule has 2 aromatic rings. The molecule has 0 aliphatic rings. The fourth-order valence-corrected chi connectivity index (χ4v) is 2.18. The van der Waals surface area contributed by atoms with Crippen molar-refractivity contribution in [3.8, 4) is 0 Å². The maximum Gasteiger partial charge on any atom is 0.114 e. The van der Waals surface area contributed by atoms with Crippen molar-refractivity contribution in [3.63, 3.8) is 0 Å². The third-order valence-electron chi connectivity index (χ3n) is 2.24. The minimum absolute atomic E-state index is 0.460. The molecule has 0 saturated heterocycles. The van der Waals surface area contributed by atoms with E-state index in [1.165, 1.54) is 0 Å². The number of hydrogen-bond acceptors (Lipinski definition) is 5. The monoisotopic (exact) mass is 251 g/mol. The van der Waals surface area contributed by atoms with Gasteiger partial charge in [0.15, 0.2) is 0 Å². The van der Waals surface area contributed by atoms with Gasteiger partial charge in [0.1, 0.15) is 5.01 Å². The molecular formula is C11H17N5S. The second-order valence-electron chi connectivity index (χ2n) is 4.33. The zero-order chi connectivity index (χ0) is 12.3. The summed E-state index contributed by atoms with van der Waals surface area (Å²) >= 11 is 1.66. The molecule has 0 amide bonds. The first-order chi connectivity index (χ1) is 8.13. The van der Waals surface area contributed by atoms with Crippen molar-refractivity contribution in [2.75, 3.05) is 0 Å². The average Bonchev–Trinajstić information content (AvgIpc) is 2.86. The number of thiazole rings is 1. The normalized spacial score (nSPS) is 11.3. The van der Waals surface area contributed by atoms with E-state index >= 15 is 0 Å². The first-order valence-electron chi connectivity index (χ1n) is 5.67. The molecular weight excluding hydrogens is 234 g/mol. The van der Waals surface area contributed by atoms with E-state index in [0.717, 1.165) is 22.9 Å². The zero-order valence-corrected chi connectivity index (χ0v) is 11.2. The van der Waals surface area contributed by atoms with Gasteiger partial charge < -0.3 is 5.32 Å². The topological polar surface area (TPSA) is 55.6 Å². The number of nitrogens with zero attached hydrogens (tertiary/aromatic N) is 4. The molecule has 17 heavy (non-hydrogen) atoms. The van der Waals surface area contributed by atoms with Crippen LogP contribution in [-0.4, -0.2) is 26.0 Å². The summed E-state index contributed by atoms with van der Waals surface area (Å²) in [6.07, 6.45) is 1.96. The fraction of sp³-hybridized carbons (Fsp3) is 0.545. The molecule has 0 atom stereocenters. The zero-order valence-electron chi connectivity index (χ0n) is 10.3. The number of rotatable bonds is 5. The van der Waals surface area contributed by atoms with Crippen LogP contribution in [0.15, 0.2) is 11.6 Å². The Balaban J connectivity index is 1.94. The SMILES string of the molecule is Cc1csc(Cn2cc(CNC(C)C)nn2)n1. The summed E-state index contributed by atoms with van der Waals surface area (Å²) in [4.78, 5) is 4.40. The van der Waals surface area contributed by atoms with Crippen LogP contribution in [-0.2, 0) is 13.1 Å². The lowest BCUT2D eigenvalue weighted by molar-refractivity contribution is 0.580. The van der Waals surface area contributed by atoms with Crippen LogP contribution in [0.25, 0.3) is 0 Å². The Morgan fingerprint density at radius 3 is 2.94 bits per heavy atom. The Hall–Kier alpha value is -1.27. The summed E-state index contributed by atoms with van der Waals surface area (Å²) in [5, 5.41) is 14.6. The highest BCUT2D eigenvalue weighted by Gasteiger charge is 2.04. The van der Waals surface area contributed by atoms with Crippen LogP contribution in [0.5, 0.6) is 0 Å². The van der Waals surface area contributed by atoms with Gasteiger partial charge in [0.25, 0.3) is 0 Å². The standard InChI is InChI=1S/C11H17N5S/c1-8(2)12-4-10-5-16(15-14-10)6-11-13-9(3)7-17-11/h5,7-8,12H,4,6H2,1-3H3. The van der Waals surface area contributed by atoms with Gasteiger partial charge in [-0.15, -0.1) is 16.4 Å². The molecule has 0 aliphatic carbocycles. The molecule has 92 valence electrons. The summed E-state index contributed by atoms with van der Waals surface area (Å²) in [6.45, 7) is 7.69. The highest BCUT2D eigenvalue weighted by Crippen LogP contribution is 2.09. The van der Waals surface area contributed by atoms with Gasteiger partial charge in [0.05, 0.1) is 18.4 Å². The quantitative estimate of drug-likeness (QED) is 0.876. The van der Waals surface area contributed by atoms with E-state index in [-0.39, 0.29) is 0 Å². The molecule has 0 fully saturated rings. The minimum Gasteiger partial charge on any atom is -0.309 e. The maximum atomic E-state index is 4.40. The van der Waals surface area contributed by atoms with Gasteiger partial charge in [-0.25, -0.2) is 9.67 Å². The van der Waals surface area contributed by atoms with Gasteiger partial charge in [-0.2, -0.15) is 0 Å². The number of aryl methyl sites for hydroxylation is 1. The minimum atomic E-state index is 0.460. The van der Waals surface area contributed by atoms with E-state index < -0.39 is 0 Å². The molecule has 2 aromatic heterocycles. The van der Waals surface area contributed by atoms with E-state index in [1.54, 1.807) is 11.3 Å². The van der Waals surface area contributed by atoms with E-state index in [9.17, 15) is 0 Å². The van der Waals surface area contributed by atoms with Crippen molar-refractivity contribution in [2.45, 2.75) is 39.9 Å². The molecule has 5 nitrogen and oxygen atoms in total. The van der Waals surface area contributed by atoms with Crippen LogP contribution in [0.2, 0.25) is 0 Å². The van der Waals surface area contributed by atoms with Crippen LogP contribution in [0, 0.1) is 6.92 Å². The molecule has 6 heteroatoms. The lowest BCUT2D eigenvalue weighted by Crippen LogP contribution is -2.21. The molecule has 0 radical (unpaired) electrons. The van der Waals surface area contributed by atoms with Crippen LogP contribution in [0.1, 0.15) is 30.2 Å². The molecule has 0 bridgehead atoms. The van der Waals surface area contributed by atoms with Crippen molar-refractivity contribution in [3.05, 3.63) is 28.0 Å². The van der Waals surface area contributed by atoms with Crippen molar-refractivity contribution < 1.29 is 0 Å². The van der Waals surface area contributed by atoms with Crippen LogP contribution < -0.4 is 5.32 Å². The predicted octanol–water partition coefficient (Wildman–Crippen LogP) is 1.59. The molecule has 2 heterocycles. The van der Waals surface area contributed by atoms with Gasteiger partial charge in [-0.05, 0) is 6.92 Å². The maximum absolute atomic E-state index is 4.40. The molecule has 0 aromatic carbocycles. The second kappa shape index (κ2) is 5.37. The summed E-state index contributed by atoms with van der Waals surface area (Å²) in [5.74, 6) is 0. The van der Waals surface area contributed by atoms with Crippen LogP contribution in [0.4, 0.5) is 0 Å². The summed E-state index contributed by atoms with van der Waals surface area (Å²) in [7, 11) is 0. The predicted molar refractivity (Wildman–Crippen MR) is 68.0 cm³/mol. The van der Waals surface area contributed by atoms with Gasteiger partial charge in [0.2, 0.25) is 0 Å². The summed E-state index contributed by atoms with van der Waals surface area (Å²) in [5.41, 5.74) is 2.03. The number of hydrogen-bond donors (Lipinski definition) is 1. The van der Waals surface area contributed by atoms with E-state index in [0.29, 0.717) is 12.6 Å². The summed E-state index contributed by atoms with van der Waals surface area (Å²) in [6, 6.07) is 0.460. The Morgan fingerprint density at radius 1 is 1.47 bits per heavy atom. The smallest absolute Gasteiger partial charge is 0.114 e. The Kier molecular flexibility index (Phi) is 3.86. The lowest BCUT2D eigenvalue weighted by Gasteiger charge is -2.03. The van der Waals surface area contributed by atoms with Gasteiger partial charge >= 0.3 is 0 Å². The lowest BCUT2D eigenvalue weighted by atomic mass is 10.3. The molecule has 0 unspecified atom stereocenters. The highest BCUT2D eigenvalue weighted by atomic mass is 32.1. The van der Waals surface area contributed by atoms with E-state index in [4.69, 9.17) is 0 Å². The van der Waals surface area contributed by atoms with Gasteiger partial charge in [0, 0.05) is 23.7 Å². The molecule has 2 rings (SSSR count). The van der Waals surface area contributed by atoms with E-state index in [1.807, 2.05) is 23.2 Å². The third-order valence-corrected chi connectivity index (χ3v) is 3.19. The Labute approximate surface area is 105 Å². The van der Waals surface area contributed by atoms with Crippen molar-refractivity contribution in [2.24, 2.45) is 0 Å². The van der Waals surface area contributed by atoms with Crippen molar-refractivity contribution in [1.29, 1.82) is 0 Å². The van der Waals surface area contributed by atoms with Gasteiger partial charge in [-0.3, -0.25) is 0 Å². The number of aromatic nitrogens is 4. The number of nitrogens with one attached hydrogen (secondary N) is 1. The van der Waals surface area contributed by atoms with Crippen molar-refractivity contribution >= 4 is 11.3 Å². The van der Waals surface area contributed by atoms with Crippen LogP contribution in [0.3, 0.4) is 0 Å². The van der Waals surface area contributed by atoms with Crippen LogP contribution >= 0.6 is 11.3 Å². The Bertz CT molecular complexity index is 474. The average molecular weight is 251 g/mol. The highest BCUT2D eigenvalue weighted by molar-refractivity contribution is 7.09. The first-order valence-corrected chi connectivity index (χ1v) is 6.55.